The molecule has 14 heavy (non-hydrogen) atoms. The molecule has 1 heterocycles. The molecule has 2 unspecified atom stereocenters. The fourth-order valence-electron chi connectivity index (χ4n) is 2.07. The van der Waals surface area contributed by atoms with Crippen molar-refractivity contribution in [3.63, 3.8) is 0 Å². The normalized spacial score (nSPS) is 26.6. The number of hydrogen-bond acceptors (Lipinski definition) is 4. The Morgan fingerprint density at radius 1 is 1.57 bits per heavy atom. The number of rotatable bonds is 4. The molecule has 0 aromatic carbocycles. The predicted molar refractivity (Wildman–Crippen MR) is 60.5 cm³/mol. The summed E-state index contributed by atoms with van der Waals surface area (Å²) in [5.74, 6) is 0.831. The van der Waals surface area contributed by atoms with Gasteiger partial charge in [-0.05, 0) is 31.6 Å². The van der Waals surface area contributed by atoms with Gasteiger partial charge in [-0.3, -0.25) is 0 Å². The second-order valence-electron chi connectivity index (χ2n) is 3.99. The molecule has 4 heteroatoms. The Labute approximate surface area is 88.7 Å². The molecule has 1 aromatic heterocycles. The SMILES string of the molecule is NC1CCC(CCNc2nccs2)C1. The lowest BCUT2D eigenvalue weighted by Gasteiger charge is -2.09. The highest BCUT2D eigenvalue weighted by molar-refractivity contribution is 7.13. The minimum atomic E-state index is 0.458. The highest BCUT2D eigenvalue weighted by atomic mass is 32.1. The molecule has 1 aliphatic carbocycles. The monoisotopic (exact) mass is 211 g/mol. The lowest BCUT2D eigenvalue weighted by molar-refractivity contribution is 0.509. The lowest BCUT2D eigenvalue weighted by Crippen LogP contribution is -2.15. The standard InChI is InChI=1S/C10H17N3S/c11-9-2-1-8(7-9)3-4-12-10-13-5-6-14-10/h5-6,8-9H,1-4,7,11H2,(H,12,13). The Morgan fingerprint density at radius 2 is 2.50 bits per heavy atom. The Morgan fingerprint density at radius 3 is 3.14 bits per heavy atom. The van der Waals surface area contributed by atoms with E-state index in [4.69, 9.17) is 5.73 Å². The van der Waals surface area contributed by atoms with Crippen molar-refractivity contribution in [3.05, 3.63) is 11.6 Å². The number of nitrogens with two attached hydrogens (primary N) is 1. The first-order valence-electron chi connectivity index (χ1n) is 5.23. The van der Waals surface area contributed by atoms with E-state index in [9.17, 15) is 0 Å². The average molecular weight is 211 g/mol. The summed E-state index contributed by atoms with van der Waals surface area (Å²) < 4.78 is 0. The highest BCUT2D eigenvalue weighted by Gasteiger charge is 2.20. The molecule has 2 atom stereocenters. The topological polar surface area (TPSA) is 50.9 Å². The van der Waals surface area contributed by atoms with Gasteiger partial charge in [0.15, 0.2) is 5.13 Å². The van der Waals surface area contributed by atoms with E-state index in [1.54, 1.807) is 11.3 Å². The number of nitrogens with zero attached hydrogens (tertiary/aromatic N) is 1. The van der Waals surface area contributed by atoms with Gasteiger partial charge in [0.1, 0.15) is 0 Å². The maximum Gasteiger partial charge on any atom is 0.182 e. The number of nitrogens with one attached hydrogen (secondary N) is 1. The molecule has 1 fully saturated rings. The maximum absolute atomic E-state index is 5.86. The second-order valence-corrected chi connectivity index (χ2v) is 4.89. The van der Waals surface area contributed by atoms with E-state index in [0.717, 1.165) is 17.6 Å². The van der Waals surface area contributed by atoms with Gasteiger partial charge in [0.05, 0.1) is 0 Å². The van der Waals surface area contributed by atoms with Crippen LogP contribution in [0.1, 0.15) is 25.7 Å². The van der Waals surface area contributed by atoms with Gasteiger partial charge in [-0.1, -0.05) is 0 Å². The maximum atomic E-state index is 5.86. The Kier molecular flexibility index (Phi) is 3.37. The first-order chi connectivity index (χ1) is 6.84. The van der Waals surface area contributed by atoms with Crippen LogP contribution in [0.5, 0.6) is 0 Å². The van der Waals surface area contributed by atoms with Crippen molar-refractivity contribution in [2.75, 3.05) is 11.9 Å². The molecule has 0 spiro atoms. The van der Waals surface area contributed by atoms with E-state index in [0.29, 0.717) is 6.04 Å². The molecule has 0 aliphatic heterocycles. The smallest absolute Gasteiger partial charge is 0.182 e. The molecule has 1 aliphatic rings. The van der Waals surface area contributed by atoms with Crippen LogP contribution in [0, 0.1) is 5.92 Å². The summed E-state index contributed by atoms with van der Waals surface area (Å²) in [6, 6.07) is 0.458. The number of anilines is 1. The molecule has 0 radical (unpaired) electrons. The third-order valence-corrected chi connectivity index (χ3v) is 3.57. The van der Waals surface area contributed by atoms with Gasteiger partial charge in [-0.2, -0.15) is 0 Å². The third-order valence-electron chi connectivity index (χ3n) is 2.84. The molecule has 0 amide bonds. The van der Waals surface area contributed by atoms with E-state index in [2.05, 4.69) is 10.3 Å². The number of hydrogen-bond donors (Lipinski definition) is 2. The molecule has 1 saturated carbocycles. The van der Waals surface area contributed by atoms with Crippen molar-refractivity contribution in [2.45, 2.75) is 31.7 Å². The van der Waals surface area contributed by atoms with Crippen molar-refractivity contribution in [2.24, 2.45) is 11.7 Å². The van der Waals surface area contributed by atoms with Crippen LogP contribution < -0.4 is 11.1 Å². The molecule has 0 bridgehead atoms. The fourth-order valence-corrected chi connectivity index (χ4v) is 2.63. The van der Waals surface area contributed by atoms with Crippen LogP contribution in [-0.2, 0) is 0 Å². The van der Waals surface area contributed by atoms with Crippen LogP contribution in [0.4, 0.5) is 5.13 Å². The van der Waals surface area contributed by atoms with Crippen molar-refractivity contribution in [1.82, 2.24) is 4.98 Å². The summed E-state index contributed by atoms with van der Waals surface area (Å²) >= 11 is 1.66. The molecule has 1 aromatic rings. The largest absolute Gasteiger partial charge is 0.362 e. The minimum Gasteiger partial charge on any atom is -0.362 e. The van der Waals surface area contributed by atoms with Crippen LogP contribution in [0.2, 0.25) is 0 Å². The van der Waals surface area contributed by atoms with Crippen LogP contribution in [0.15, 0.2) is 11.6 Å². The van der Waals surface area contributed by atoms with Crippen molar-refractivity contribution < 1.29 is 0 Å². The first kappa shape index (κ1) is 9.93. The van der Waals surface area contributed by atoms with Crippen LogP contribution in [0.25, 0.3) is 0 Å². The van der Waals surface area contributed by atoms with Crippen LogP contribution in [-0.4, -0.2) is 17.6 Å². The lowest BCUT2D eigenvalue weighted by atomic mass is 10.0. The van der Waals surface area contributed by atoms with Gasteiger partial charge in [0.2, 0.25) is 0 Å². The quantitative estimate of drug-likeness (QED) is 0.801. The second kappa shape index (κ2) is 4.75. The first-order valence-corrected chi connectivity index (χ1v) is 6.11. The van der Waals surface area contributed by atoms with Crippen molar-refractivity contribution in [3.8, 4) is 0 Å². The zero-order valence-corrected chi connectivity index (χ0v) is 9.09. The zero-order chi connectivity index (χ0) is 9.80. The van der Waals surface area contributed by atoms with Crippen LogP contribution >= 0.6 is 11.3 Å². The summed E-state index contributed by atoms with van der Waals surface area (Å²) in [6.07, 6.45) is 6.79. The van der Waals surface area contributed by atoms with Gasteiger partial charge in [-0.15, -0.1) is 11.3 Å². The summed E-state index contributed by atoms with van der Waals surface area (Å²) in [4.78, 5) is 4.18. The van der Waals surface area contributed by atoms with Gasteiger partial charge in [-0.25, -0.2) is 4.98 Å². The average Bonchev–Trinajstić information content (AvgIpc) is 2.77. The Hall–Kier alpha value is -0.610. The molecule has 78 valence electrons. The fraction of sp³-hybridized carbons (Fsp3) is 0.700. The van der Waals surface area contributed by atoms with Crippen molar-refractivity contribution >= 4 is 16.5 Å². The molecular formula is C10H17N3S. The summed E-state index contributed by atoms with van der Waals surface area (Å²) in [7, 11) is 0. The Balaban J connectivity index is 1.64. The van der Waals surface area contributed by atoms with E-state index < -0.39 is 0 Å². The number of thiazole rings is 1. The van der Waals surface area contributed by atoms with Gasteiger partial charge < -0.3 is 11.1 Å². The molecular weight excluding hydrogens is 194 g/mol. The summed E-state index contributed by atoms with van der Waals surface area (Å²) in [6.45, 7) is 1.03. The van der Waals surface area contributed by atoms with E-state index in [1.807, 2.05) is 11.6 Å². The van der Waals surface area contributed by atoms with E-state index in [1.165, 1.54) is 25.7 Å². The van der Waals surface area contributed by atoms with Gasteiger partial charge in [0, 0.05) is 24.2 Å². The molecule has 3 N–H and O–H groups in total. The van der Waals surface area contributed by atoms with Crippen molar-refractivity contribution in [1.29, 1.82) is 0 Å². The van der Waals surface area contributed by atoms with E-state index in [-0.39, 0.29) is 0 Å². The summed E-state index contributed by atoms with van der Waals surface area (Å²) in [5, 5.41) is 6.36. The Bertz CT molecular complexity index is 260. The van der Waals surface area contributed by atoms with Crippen LogP contribution in [0.3, 0.4) is 0 Å². The van der Waals surface area contributed by atoms with Gasteiger partial charge in [0.25, 0.3) is 0 Å². The predicted octanol–water partition coefficient (Wildman–Crippen LogP) is 2.07. The summed E-state index contributed by atoms with van der Waals surface area (Å²) in [5.41, 5.74) is 5.86. The third kappa shape index (κ3) is 2.69. The molecule has 3 nitrogen and oxygen atoms in total. The molecule has 0 saturated heterocycles. The molecule has 2 rings (SSSR count). The minimum absolute atomic E-state index is 0.458. The highest BCUT2D eigenvalue weighted by Crippen LogP contribution is 2.26. The zero-order valence-electron chi connectivity index (χ0n) is 8.28. The van der Waals surface area contributed by atoms with E-state index >= 15 is 0 Å². The number of aromatic nitrogens is 1. The van der Waals surface area contributed by atoms with Gasteiger partial charge >= 0.3 is 0 Å².